The van der Waals surface area contributed by atoms with Crippen molar-refractivity contribution in [1.82, 2.24) is 19.7 Å². The molecule has 8 nitrogen and oxygen atoms in total. The lowest BCUT2D eigenvalue weighted by molar-refractivity contribution is 0.296. The molecule has 2 heterocycles. The Morgan fingerprint density at radius 2 is 1.80 bits per heavy atom. The van der Waals surface area contributed by atoms with Gasteiger partial charge in [0.05, 0.1) is 59.8 Å². The second kappa shape index (κ2) is 9.05. The number of rotatable bonds is 7. The Balaban J connectivity index is 1.40. The SMILES string of the molecule is COc1ccc(-c2cnc3cc4cnn(CCOS(=O)(=O)c5ccc(C)cc5)c4cc3n2)cc1F. The molecule has 5 aromatic rings. The molecule has 0 atom stereocenters. The number of nitrogens with zero attached hydrogens (tertiary/aromatic N) is 4. The van der Waals surface area contributed by atoms with E-state index in [1.165, 1.54) is 25.3 Å². The van der Waals surface area contributed by atoms with Crippen LogP contribution in [0.4, 0.5) is 4.39 Å². The van der Waals surface area contributed by atoms with Crippen molar-refractivity contribution in [2.75, 3.05) is 13.7 Å². The highest BCUT2D eigenvalue weighted by molar-refractivity contribution is 7.86. The number of aromatic nitrogens is 4. The van der Waals surface area contributed by atoms with Gasteiger partial charge in [-0.15, -0.1) is 0 Å². The molecule has 0 aliphatic heterocycles. The largest absolute Gasteiger partial charge is 0.494 e. The minimum Gasteiger partial charge on any atom is -0.494 e. The summed E-state index contributed by atoms with van der Waals surface area (Å²) in [7, 11) is -2.46. The smallest absolute Gasteiger partial charge is 0.297 e. The third-order valence-electron chi connectivity index (χ3n) is 5.60. The summed E-state index contributed by atoms with van der Waals surface area (Å²) in [4.78, 5) is 9.22. The predicted octanol–water partition coefficient (Wildman–Crippen LogP) is 4.51. The first-order valence-corrected chi connectivity index (χ1v) is 12.2. The van der Waals surface area contributed by atoms with Gasteiger partial charge >= 0.3 is 0 Å². The van der Waals surface area contributed by atoms with Crippen LogP contribution in [0, 0.1) is 12.7 Å². The van der Waals surface area contributed by atoms with Crippen molar-refractivity contribution in [2.45, 2.75) is 18.4 Å². The normalized spacial score (nSPS) is 11.9. The summed E-state index contributed by atoms with van der Waals surface area (Å²) in [6.45, 7) is 2.02. The van der Waals surface area contributed by atoms with Crippen LogP contribution in [0.3, 0.4) is 0 Å². The topological polar surface area (TPSA) is 96.2 Å². The van der Waals surface area contributed by atoms with Crippen LogP contribution in [-0.4, -0.2) is 41.9 Å². The molecule has 0 aliphatic rings. The molecule has 0 bridgehead atoms. The summed E-state index contributed by atoms with van der Waals surface area (Å²) < 4.78 is 50.9. The molecule has 0 saturated carbocycles. The molecule has 0 saturated heterocycles. The van der Waals surface area contributed by atoms with Gasteiger partial charge in [-0.2, -0.15) is 13.5 Å². The van der Waals surface area contributed by atoms with Crippen LogP contribution >= 0.6 is 0 Å². The fourth-order valence-electron chi connectivity index (χ4n) is 3.73. The molecule has 2 aromatic heterocycles. The van der Waals surface area contributed by atoms with Crippen molar-refractivity contribution in [3.8, 4) is 17.0 Å². The van der Waals surface area contributed by atoms with Crippen LogP contribution in [0.1, 0.15) is 5.56 Å². The first kappa shape index (κ1) is 22.9. The Morgan fingerprint density at radius 1 is 1.00 bits per heavy atom. The van der Waals surface area contributed by atoms with E-state index in [-0.39, 0.29) is 23.8 Å². The highest BCUT2D eigenvalue weighted by Gasteiger charge is 2.16. The molecule has 0 unspecified atom stereocenters. The monoisotopic (exact) mass is 492 g/mol. The van der Waals surface area contributed by atoms with Crippen LogP contribution in [0.2, 0.25) is 0 Å². The number of aryl methyl sites for hydroxylation is 1. The summed E-state index contributed by atoms with van der Waals surface area (Å²) in [6.07, 6.45) is 3.27. The van der Waals surface area contributed by atoms with Crippen LogP contribution in [0.5, 0.6) is 5.75 Å². The van der Waals surface area contributed by atoms with Crippen LogP contribution < -0.4 is 4.74 Å². The zero-order chi connectivity index (χ0) is 24.6. The van der Waals surface area contributed by atoms with Crippen LogP contribution in [0.15, 0.2) is 71.9 Å². The number of ether oxygens (including phenoxy) is 1. The molecule has 0 spiro atoms. The van der Waals surface area contributed by atoms with E-state index in [4.69, 9.17) is 8.92 Å². The van der Waals surface area contributed by atoms with Gasteiger partial charge in [0.2, 0.25) is 0 Å². The van der Waals surface area contributed by atoms with Crippen molar-refractivity contribution in [2.24, 2.45) is 0 Å². The van der Waals surface area contributed by atoms with Crippen molar-refractivity contribution >= 4 is 32.1 Å². The molecule has 35 heavy (non-hydrogen) atoms. The molecule has 10 heteroatoms. The van der Waals surface area contributed by atoms with Gasteiger partial charge in [0.25, 0.3) is 10.1 Å². The third kappa shape index (κ3) is 4.58. The highest BCUT2D eigenvalue weighted by Crippen LogP contribution is 2.27. The maximum Gasteiger partial charge on any atom is 0.297 e. The van der Waals surface area contributed by atoms with E-state index in [0.717, 1.165) is 16.5 Å². The molecule has 0 N–H and O–H groups in total. The van der Waals surface area contributed by atoms with E-state index < -0.39 is 15.9 Å². The lowest BCUT2D eigenvalue weighted by Gasteiger charge is -2.08. The standard InChI is InChI=1S/C25H21FN4O4S/c1-16-3-6-19(7-4-16)35(31,32)34-10-9-30-24-13-22-21(12-18(24)14-28-30)27-15-23(29-22)17-5-8-25(33-2)20(26)11-17/h3-8,11-15H,9-10H2,1-2H3. The van der Waals surface area contributed by atoms with E-state index in [0.29, 0.717) is 22.3 Å². The van der Waals surface area contributed by atoms with Crippen LogP contribution in [0.25, 0.3) is 33.2 Å². The fraction of sp³-hybridized carbons (Fsp3) is 0.160. The Labute approximate surface area is 201 Å². The average molecular weight is 493 g/mol. The van der Waals surface area contributed by atoms with Crippen molar-refractivity contribution in [1.29, 1.82) is 0 Å². The molecule has 178 valence electrons. The third-order valence-corrected chi connectivity index (χ3v) is 6.93. The quantitative estimate of drug-likeness (QED) is 0.309. The van der Waals surface area contributed by atoms with E-state index in [9.17, 15) is 12.8 Å². The van der Waals surface area contributed by atoms with Gasteiger partial charge in [-0.1, -0.05) is 17.7 Å². The number of hydrogen-bond donors (Lipinski definition) is 0. The molecular formula is C25H21FN4O4S. The zero-order valence-electron chi connectivity index (χ0n) is 19.0. The van der Waals surface area contributed by atoms with Crippen LogP contribution in [-0.2, 0) is 20.8 Å². The van der Waals surface area contributed by atoms with E-state index in [1.807, 2.05) is 19.1 Å². The Morgan fingerprint density at radius 3 is 2.54 bits per heavy atom. The van der Waals surface area contributed by atoms with Gasteiger partial charge in [0.1, 0.15) is 0 Å². The lowest BCUT2D eigenvalue weighted by Crippen LogP contribution is -2.13. The number of halogens is 1. The fourth-order valence-corrected chi connectivity index (χ4v) is 4.63. The van der Waals surface area contributed by atoms with Gasteiger partial charge < -0.3 is 4.74 Å². The van der Waals surface area contributed by atoms with Crippen molar-refractivity contribution in [3.05, 3.63) is 78.4 Å². The van der Waals surface area contributed by atoms with Gasteiger partial charge in [0, 0.05) is 10.9 Å². The lowest BCUT2D eigenvalue weighted by atomic mass is 10.1. The summed E-state index contributed by atoms with van der Waals surface area (Å²) in [5, 5.41) is 5.19. The Bertz CT molecular complexity index is 1650. The Kier molecular flexibility index (Phi) is 5.91. The molecule has 3 aromatic carbocycles. The maximum absolute atomic E-state index is 14.2. The maximum atomic E-state index is 14.2. The number of fused-ring (bicyclic) bond motifs is 2. The number of hydrogen-bond acceptors (Lipinski definition) is 7. The van der Waals surface area contributed by atoms with E-state index in [1.54, 1.807) is 41.3 Å². The zero-order valence-corrected chi connectivity index (χ0v) is 19.8. The van der Waals surface area contributed by atoms with Gasteiger partial charge in [-0.3, -0.25) is 13.8 Å². The van der Waals surface area contributed by atoms with E-state index >= 15 is 0 Å². The first-order chi connectivity index (χ1) is 16.8. The molecule has 0 amide bonds. The van der Waals surface area contributed by atoms with Gasteiger partial charge in [0.15, 0.2) is 11.6 Å². The molecular weight excluding hydrogens is 471 g/mol. The predicted molar refractivity (Wildman–Crippen MR) is 129 cm³/mol. The second-order valence-electron chi connectivity index (χ2n) is 7.96. The summed E-state index contributed by atoms with van der Waals surface area (Å²) in [5.41, 5.74) is 4.05. The second-order valence-corrected chi connectivity index (χ2v) is 9.58. The molecule has 0 radical (unpaired) electrons. The number of methoxy groups -OCH3 is 1. The van der Waals surface area contributed by atoms with Crippen molar-refractivity contribution in [3.63, 3.8) is 0 Å². The summed E-state index contributed by atoms with van der Waals surface area (Å²) >= 11 is 0. The molecule has 5 rings (SSSR count). The molecule has 0 fully saturated rings. The van der Waals surface area contributed by atoms with E-state index in [2.05, 4.69) is 15.1 Å². The summed E-state index contributed by atoms with van der Waals surface area (Å²) in [6, 6.07) is 14.8. The number of benzene rings is 3. The highest BCUT2D eigenvalue weighted by atomic mass is 32.2. The average Bonchev–Trinajstić information content (AvgIpc) is 3.24. The van der Waals surface area contributed by atoms with Crippen molar-refractivity contribution < 1.29 is 21.7 Å². The first-order valence-electron chi connectivity index (χ1n) is 10.8. The summed E-state index contributed by atoms with van der Waals surface area (Å²) in [5.74, 6) is -0.333. The minimum atomic E-state index is -3.87. The molecule has 0 aliphatic carbocycles. The van der Waals surface area contributed by atoms with Gasteiger partial charge in [-0.05, 0) is 49.4 Å². The minimum absolute atomic E-state index is 0.0815. The Hall–Kier alpha value is -3.89. The van der Waals surface area contributed by atoms with Gasteiger partial charge in [-0.25, -0.2) is 9.37 Å².